The van der Waals surface area contributed by atoms with Crippen LogP contribution in [-0.4, -0.2) is 32.5 Å². The Hall–Kier alpha value is -1.70. The molecule has 1 aromatic heterocycles. The monoisotopic (exact) mass is 363 g/mol. The number of hydrogen-bond donors (Lipinski definition) is 1. The van der Waals surface area contributed by atoms with Crippen LogP contribution in [0.4, 0.5) is 5.13 Å². The smallest absolute Gasteiger partial charge is 0.233 e. The summed E-state index contributed by atoms with van der Waals surface area (Å²) < 4.78 is 27.2. The van der Waals surface area contributed by atoms with E-state index in [1.165, 1.54) is 5.41 Å². The van der Waals surface area contributed by atoms with Gasteiger partial charge in [-0.3, -0.25) is 0 Å². The van der Waals surface area contributed by atoms with E-state index in [1.54, 1.807) is 23.6 Å². The van der Waals surface area contributed by atoms with Gasteiger partial charge in [-0.05, 0) is 31.4 Å². The van der Waals surface area contributed by atoms with Crippen molar-refractivity contribution in [3.05, 3.63) is 52.4 Å². The van der Waals surface area contributed by atoms with Crippen LogP contribution >= 0.6 is 11.3 Å². The van der Waals surface area contributed by atoms with E-state index < -0.39 is 10.0 Å². The molecule has 2 aromatic rings. The van der Waals surface area contributed by atoms with Crippen molar-refractivity contribution < 1.29 is 8.42 Å². The molecule has 7 heteroatoms. The molecule has 1 aliphatic rings. The number of anilines is 1. The maximum absolute atomic E-state index is 12.2. The number of aromatic nitrogens is 1. The van der Waals surface area contributed by atoms with Gasteiger partial charge in [0.25, 0.3) is 0 Å². The van der Waals surface area contributed by atoms with Gasteiger partial charge in [-0.1, -0.05) is 29.8 Å². The van der Waals surface area contributed by atoms with Crippen LogP contribution in [0, 0.1) is 6.92 Å². The highest BCUT2D eigenvalue weighted by Crippen LogP contribution is 2.22. The lowest BCUT2D eigenvalue weighted by Gasteiger charge is -2.31. The van der Waals surface area contributed by atoms with Gasteiger partial charge in [0.1, 0.15) is 0 Å². The van der Waals surface area contributed by atoms with Crippen molar-refractivity contribution in [2.45, 2.75) is 25.8 Å². The summed E-state index contributed by atoms with van der Waals surface area (Å²) in [5.41, 5.74) is 2.03. The Morgan fingerprint density at radius 1 is 1.25 bits per heavy atom. The zero-order valence-corrected chi connectivity index (χ0v) is 15.2. The van der Waals surface area contributed by atoms with Crippen LogP contribution in [0.1, 0.15) is 24.0 Å². The number of aryl methyl sites for hydroxylation is 1. The van der Waals surface area contributed by atoms with E-state index in [1.807, 2.05) is 36.6 Å². The van der Waals surface area contributed by atoms with Crippen molar-refractivity contribution in [3.63, 3.8) is 0 Å². The third-order valence-corrected chi connectivity index (χ3v) is 6.02. The van der Waals surface area contributed by atoms with Gasteiger partial charge in [0.2, 0.25) is 10.0 Å². The highest BCUT2D eigenvalue weighted by molar-refractivity contribution is 7.92. The first kappa shape index (κ1) is 17.1. The van der Waals surface area contributed by atoms with Crippen LogP contribution < -0.4 is 9.62 Å². The Bertz CT molecular complexity index is 776. The molecule has 0 radical (unpaired) electrons. The average molecular weight is 364 g/mol. The van der Waals surface area contributed by atoms with Crippen LogP contribution in [0.2, 0.25) is 0 Å². The quantitative estimate of drug-likeness (QED) is 0.887. The molecule has 0 bridgehead atoms. The van der Waals surface area contributed by atoms with Gasteiger partial charge in [0.15, 0.2) is 5.13 Å². The van der Waals surface area contributed by atoms with E-state index >= 15 is 0 Å². The van der Waals surface area contributed by atoms with Gasteiger partial charge in [-0.15, -0.1) is 11.3 Å². The molecule has 5 nitrogen and oxygen atoms in total. The molecular weight excluding hydrogens is 342 g/mol. The number of benzene rings is 1. The largest absolute Gasteiger partial charge is 0.348 e. The van der Waals surface area contributed by atoms with Crippen molar-refractivity contribution in [2.24, 2.45) is 0 Å². The summed E-state index contributed by atoms with van der Waals surface area (Å²) in [5.74, 6) is 0. The summed E-state index contributed by atoms with van der Waals surface area (Å²) in [7, 11) is -3.42. The lowest BCUT2D eigenvalue weighted by Crippen LogP contribution is -2.44. The van der Waals surface area contributed by atoms with Crippen LogP contribution in [0.25, 0.3) is 6.08 Å². The molecular formula is C17H21N3O2S2. The maximum Gasteiger partial charge on any atom is 0.233 e. The molecule has 0 atom stereocenters. The van der Waals surface area contributed by atoms with Crippen molar-refractivity contribution in [1.29, 1.82) is 0 Å². The van der Waals surface area contributed by atoms with Gasteiger partial charge in [-0.25, -0.2) is 18.1 Å². The second-order valence-corrected chi connectivity index (χ2v) is 8.42. The fourth-order valence-corrected chi connectivity index (χ4v) is 4.49. The summed E-state index contributed by atoms with van der Waals surface area (Å²) in [5, 5.41) is 4.22. The molecule has 0 aliphatic carbocycles. The van der Waals surface area contributed by atoms with E-state index in [9.17, 15) is 8.42 Å². The Labute approximate surface area is 147 Å². The maximum atomic E-state index is 12.2. The molecule has 1 aliphatic heterocycles. The highest BCUT2D eigenvalue weighted by atomic mass is 32.2. The number of piperidine rings is 1. The normalized spacial score (nSPS) is 16.8. The molecule has 2 heterocycles. The van der Waals surface area contributed by atoms with Gasteiger partial charge in [0, 0.05) is 36.1 Å². The third-order valence-electron chi connectivity index (χ3n) is 4.03. The number of sulfonamides is 1. The molecule has 1 aromatic carbocycles. The van der Waals surface area contributed by atoms with Gasteiger partial charge < -0.3 is 4.90 Å². The van der Waals surface area contributed by atoms with Crippen molar-refractivity contribution in [2.75, 3.05) is 18.0 Å². The Kier molecular flexibility index (Phi) is 5.33. The Morgan fingerprint density at radius 2 is 1.96 bits per heavy atom. The minimum atomic E-state index is -3.42. The molecule has 1 fully saturated rings. The van der Waals surface area contributed by atoms with E-state index in [0.29, 0.717) is 0 Å². The summed E-state index contributed by atoms with van der Waals surface area (Å²) in [6, 6.07) is 7.73. The Morgan fingerprint density at radius 3 is 2.58 bits per heavy atom. The highest BCUT2D eigenvalue weighted by Gasteiger charge is 2.23. The zero-order valence-electron chi connectivity index (χ0n) is 13.6. The first-order valence-electron chi connectivity index (χ1n) is 7.93. The molecule has 0 spiro atoms. The molecule has 0 unspecified atom stereocenters. The molecule has 0 amide bonds. The standard InChI is InChI=1S/C17H21N3O2S2/c1-14-2-4-15(5-3-14)8-13-24(21,22)19-16-6-10-20(11-7-16)17-18-9-12-23-17/h2-5,8-9,12-13,16,19H,6-7,10-11H2,1H3/b13-8+. The lowest BCUT2D eigenvalue weighted by molar-refractivity contribution is 0.462. The zero-order chi connectivity index (χ0) is 17.0. The number of rotatable bonds is 5. The van der Waals surface area contributed by atoms with Crippen LogP contribution in [0.15, 0.2) is 41.3 Å². The molecule has 1 N–H and O–H groups in total. The predicted molar refractivity (Wildman–Crippen MR) is 99.6 cm³/mol. The second kappa shape index (κ2) is 7.46. The van der Waals surface area contributed by atoms with Crippen LogP contribution in [0.3, 0.4) is 0 Å². The fourth-order valence-electron chi connectivity index (χ4n) is 2.68. The van der Waals surface area contributed by atoms with E-state index in [4.69, 9.17) is 0 Å². The van der Waals surface area contributed by atoms with E-state index in [-0.39, 0.29) is 6.04 Å². The number of nitrogens with zero attached hydrogens (tertiary/aromatic N) is 2. The lowest BCUT2D eigenvalue weighted by atomic mass is 10.1. The fraction of sp³-hybridized carbons (Fsp3) is 0.353. The SMILES string of the molecule is Cc1ccc(/C=C/S(=O)(=O)NC2CCN(c3nccs3)CC2)cc1. The first-order valence-corrected chi connectivity index (χ1v) is 10.4. The Balaban J connectivity index is 1.54. The number of hydrogen-bond acceptors (Lipinski definition) is 5. The summed E-state index contributed by atoms with van der Waals surface area (Å²) in [6.07, 6.45) is 5.01. The number of nitrogens with one attached hydrogen (secondary N) is 1. The van der Waals surface area contributed by atoms with E-state index in [2.05, 4.69) is 14.6 Å². The molecule has 128 valence electrons. The number of thiazole rings is 1. The predicted octanol–water partition coefficient (Wildman–Crippen LogP) is 3.01. The molecule has 0 saturated carbocycles. The first-order chi connectivity index (χ1) is 11.5. The van der Waals surface area contributed by atoms with Crippen molar-refractivity contribution >= 4 is 32.6 Å². The van der Waals surface area contributed by atoms with Crippen LogP contribution in [0.5, 0.6) is 0 Å². The average Bonchev–Trinajstić information content (AvgIpc) is 3.09. The molecule has 24 heavy (non-hydrogen) atoms. The summed E-state index contributed by atoms with van der Waals surface area (Å²) >= 11 is 1.62. The van der Waals surface area contributed by atoms with Crippen LogP contribution in [-0.2, 0) is 10.0 Å². The topological polar surface area (TPSA) is 62.3 Å². The van der Waals surface area contributed by atoms with Gasteiger partial charge in [0.05, 0.1) is 0 Å². The molecule has 3 rings (SSSR count). The molecule has 1 saturated heterocycles. The van der Waals surface area contributed by atoms with Crippen molar-refractivity contribution in [1.82, 2.24) is 9.71 Å². The minimum Gasteiger partial charge on any atom is -0.348 e. The van der Waals surface area contributed by atoms with Crippen molar-refractivity contribution in [3.8, 4) is 0 Å². The summed E-state index contributed by atoms with van der Waals surface area (Å²) in [6.45, 7) is 3.65. The van der Waals surface area contributed by atoms with Gasteiger partial charge >= 0.3 is 0 Å². The summed E-state index contributed by atoms with van der Waals surface area (Å²) in [4.78, 5) is 6.51. The third kappa shape index (κ3) is 4.66. The second-order valence-electron chi connectivity index (χ2n) is 5.95. The minimum absolute atomic E-state index is 0.0196. The van der Waals surface area contributed by atoms with Gasteiger partial charge in [-0.2, -0.15) is 0 Å². The van der Waals surface area contributed by atoms with E-state index in [0.717, 1.165) is 42.2 Å².